The van der Waals surface area contributed by atoms with Crippen molar-refractivity contribution in [3.8, 4) is 0 Å². The second-order valence-electron chi connectivity index (χ2n) is 4.51. The first-order valence-electron chi connectivity index (χ1n) is 6.12. The summed E-state index contributed by atoms with van der Waals surface area (Å²) < 4.78 is 5.03. The first-order chi connectivity index (χ1) is 8.54. The molecule has 18 heavy (non-hydrogen) atoms. The Kier molecular flexibility index (Phi) is 3.71. The third-order valence-corrected chi connectivity index (χ3v) is 4.46. The molecule has 1 aliphatic rings. The van der Waals surface area contributed by atoms with E-state index in [0.29, 0.717) is 23.6 Å². The summed E-state index contributed by atoms with van der Waals surface area (Å²) in [4.78, 5) is 24.5. The van der Waals surface area contributed by atoms with Crippen molar-refractivity contribution in [3.63, 3.8) is 0 Å². The predicted molar refractivity (Wildman–Crippen MR) is 70.9 cm³/mol. The number of hydrogen-bond donors (Lipinski definition) is 1. The van der Waals surface area contributed by atoms with Gasteiger partial charge >= 0.3 is 5.97 Å². The van der Waals surface area contributed by atoms with Crippen molar-refractivity contribution in [2.45, 2.75) is 33.1 Å². The highest BCUT2D eigenvalue weighted by Crippen LogP contribution is 2.38. The Hall–Kier alpha value is -1.36. The maximum absolute atomic E-state index is 11.9. The van der Waals surface area contributed by atoms with E-state index in [-0.39, 0.29) is 17.7 Å². The second kappa shape index (κ2) is 5.10. The van der Waals surface area contributed by atoms with Crippen molar-refractivity contribution in [1.82, 2.24) is 0 Å². The van der Waals surface area contributed by atoms with Gasteiger partial charge < -0.3 is 10.5 Å². The van der Waals surface area contributed by atoms with Gasteiger partial charge in [-0.2, -0.15) is 0 Å². The SMILES string of the molecule is CCOC(=O)c1c(N)sc2c1CC(C(C)=O)CC2. The van der Waals surface area contributed by atoms with Crippen LogP contribution in [0.2, 0.25) is 0 Å². The molecule has 0 amide bonds. The molecule has 98 valence electrons. The third kappa shape index (κ3) is 2.27. The highest BCUT2D eigenvalue weighted by atomic mass is 32.1. The van der Waals surface area contributed by atoms with Crippen LogP contribution in [0.1, 0.15) is 41.1 Å². The van der Waals surface area contributed by atoms with Crippen LogP contribution in [-0.4, -0.2) is 18.4 Å². The van der Waals surface area contributed by atoms with Crippen LogP contribution in [0.15, 0.2) is 0 Å². The Morgan fingerprint density at radius 3 is 2.83 bits per heavy atom. The average Bonchev–Trinajstić information content (AvgIpc) is 2.63. The number of nitrogen functional groups attached to an aromatic ring is 1. The maximum Gasteiger partial charge on any atom is 0.341 e. The van der Waals surface area contributed by atoms with Gasteiger partial charge in [0.15, 0.2) is 0 Å². The Labute approximate surface area is 110 Å². The normalized spacial score (nSPS) is 18.2. The molecule has 0 saturated carbocycles. The van der Waals surface area contributed by atoms with E-state index >= 15 is 0 Å². The van der Waals surface area contributed by atoms with Crippen molar-refractivity contribution in [2.75, 3.05) is 12.3 Å². The van der Waals surface area contributed by atoms with Crippen LogP contribution in [-0.2, 0) is 22.4 Å². The summed E-state index contributed by atoms with van der Waals surface area (Å²) in [6.45, 7) is 3.71. The molecule has 0 bridgehead atoms. The van der Waals surface area contributed by atoms with Crippen LogP contribution in [0.25, 0.3) is 0 Å². The molecule has 0 aromatic carbocycles. The number of ether oxygens (including phenoxy) is 1. The largest absolute Gasteiger partial charge is 0.462 e. The van der Waals surface area contributed by atoms with Gasteiger partial charge in [-0.25, -0.2) is 4.79 Å². The summed E-state index contributed by atoms with van der Waals surface area (Å²) in [7, 11) is 0. The number of aryl methyl sites for hydroxylation is 1. The number of anilines is 1. The summed E-state index contributed by atoms with van der Waals surface area (Å²) in [5.74, 6) is -0.170. The quantitative estimate of drug-likeness (QED) is 0.852. The minimum atomic E-state index is -0.364. The number of rotatable bonds is 3. The molecule has 5 heteroatoms. The van der Waals surface area contributed by atoms with Crippen molar-refractivity contribution in [3.05, 3.63) is 16.0 Å². The zero-order chi connectivity index (χ0) is 13.3. The molecule has 1 aromatic rings. The predicted octanol–water partition coefficient (Wildman–Crippen LogP) is 2.20. The molecule has 2 N–H and O–H groups in total. The first kappa shape index (κ1) is 13.1. The van der Waals surface area contributed by atoms with Gasteiger partial charge in [-0.1, -0.05) is 0 Å². The maximum atomic E-state index is 11.9. The van der Waals surface area contributed by atoms with Gasteiger partial charge in [0.25, 0.3) is 0 Å². The molecule has 1 aliphatic carbocycles. The fraction of sp³-hybridized carbons (Fsp3) is 0.538. The van der Waals surface area contributed by atoms with Crippen LogP contribution >= 0.6 is 11.3 Å². The smallest absolute Gasteiger partial charge is 0.341 e. The molecular weight excluding hydrogens is 250 g/mol. The van der Waals surface area contributed by atoms with Gasteiger partial charge in [0, 0.05) is 10.8 Å². The molecular formula is C13H17NO3S. The van der Waals surface area contributed by atoms with E-state index in [1.165, 1.54) is 11.3 Å². The monoisotopic (exact) mass is 267 g/mol. The Morgan fingerprint density at radius 1 is 1.50 bits per heavy atom. The van der Waals surface area contributed by atoms with Crippen LogP contribution in [0.3, 0.4) is 0 Å². The number of Topliss-reactive ketones (excluding diaryl/α,β-unsaturated/α-hetero) is 1. The number of esters is 1. The van der Waals surface area contributed by atoms with Crippen LogP contribution in [0.4, 0.5) is 5.00 Å². The molecule has 1 unspecified atom stereocenters. The van der Waals surface area contributed by atoms with E-state index < -0.39 is 0 Å². The molecule has 0 radical (unpaired) electrons. The van der Waals surface area contributed by atoms with Crippen molar-refractivity contribution < 1.29 is 14.3 Å². The van der Waals surface area contributed by atoms with Gasteiger partial charge in [0.05, 0.1) is 12.2 Å². The molecule has 0 aliphatic heterocycles. The van der Waals surface area contributed by atoms with Crippen LogP contribution < -0.4 is 5.73 Å². The van der Waals surface area contributed by atoms with Crippen molar-refractivity contribution in [1.29, 1.82) is 0 Å². The van der Waals surface area contributed by atoms with E-state index in [9.17, 15) is 9.59 Å². The third-order valence-electron chi connectivity index (χ3n) is 3.34. The van der Waals surface area contributed by atoms with Crippen LogP contribution in [0.5, 0.6) is 0 Å². The standard InChI is InChI=1S/C13H17NO3S/c1-3-17-13(16)11-9-6-8(7(2)15)4-5-10(9)18-12(11)14/h8H,3-6,14H2,1-2H3. The summed E-state index contributed by atoms with van der Waals surface area (Å²) in [5.41, 5.74) is 7.33. The van der Waals surface area contributed by atoms with Crippen molar-refractivity contribution >= 4 is 28.1 Å². The number of nitrogens with two attached hydrogens (primary N) is 1. The lowest BCUT2D eigenvalue weighted by Crippen LogP contribution is -2.21. The Bertz CT molecular complexity index is 493. The molecule has 0 fully saturated rings. The van der Waals surface area contributed by atoms with E-state index in [1.807, 2.05) is 0 Å². The van der Waals surface area contributed by atoms with Gasteiger partial charge in [-0.15, -0.1) is 11.3 Å². The number of ketones is 1. The molecule has 4 nitrogen and oxygen atoms in total. The van der Waals surface area contributed by atoms with E-state index in [0.717, 1.165) is 23.3 Å². The second-order valence-corrected chi connectivity index (χ2v) is 5.65. The topological polar surface area (TPSA) is 69.4 Å². The average molecular weight is 267 g/mol. The molecule has 0 spiro atoms. The lowest BCUT2D eigenvalue weighted by Gasteiger charge is -2.20. The molecule has 0 saturated heterocycles. The molecule has 2 rings (SSSR count). The van der Waals surface area contributed by atoms with Crippen molar-refractivity contribution in [2.24, 2.45) is 5.92 Å². The highest BCUT2D eigenvalue weighted by molar-refractivity contribution is 7.16. The number of thiophene rings is 1. The van der Waals surface area contributed by atoms with Gasteiger partial charge in [0.1, 0.15) is 10.8 Å². The number of fused-ring (bicyclic) bond motifs is 1. The number of carbonyl (C=O) groups is 2. The summed E-state index contributed by atoms with van der Waals surface area (Å²) >= 11 is 1.45. The lowest BCUT2D eigenvalue weighted by atomic mass is 9.84. The summed E-state index contributed by atoms with van der Waals surface area (Å²) in [5, 5.41) is 0.516. The zero-order valence-corrected chi connectivity index (χ0v) is 11.4. The minimum absolute atomic E-state index is 0.0136. The molecule has 1 atom stereocenters. The Morgan fingerprint density at radius 2 is 2.22 bits per heavy atom. The Balaban J connectivity index is 2.35. The number of carbonyl (C=O) groups excluding carboxylic acids is 2. The van der Waals surface area contributed by atoms with E-state index in [2.05, 4.69) is 0 Å². The fourth-order valence-corrected chi connectivity index (χ4v) is 3.48. The number of hydrogen-bond acceptors (Lipinski definition) is 5. The zero-order valence-electron chi connectivity index (χ0n) is 10.6. The first-order valence-corrected chi connectivity index (χ1v) is 6.93. The lowest BCUT2D eigenvalue weighted by molar-refractivity contribution is -0.121. The van der Waals surface area contributed by atoms with Crippen LogP contribution in [0, 0.1) is 5.92 Å². The van der Waals surface area contributed by atoms with Gasteiger partial charge in [-0.05, 0) is 38.7 Å². The summed E-state index contributed by atoms with van der Waals surface area (Å²) in [6, 6.07) is 0. The van der Waals surface area contributed by atoms with E-state index in [4.69, 9.17) is 10.5 Å². The fourth-order valence-electron chi connectivity index (χ4n) is 2.38. The van der Waals surface area contributed by atoms with Gasteiger partial charge in [0.2, 0.25) is 0 Å². The molecule has 1 heterocycles. The highest BCUT2D eigenvalue weighted by Gasteiger charge is 2.30. The summed E-state index contributed by atoms with van der Waals surface area (Å²) in [6.07, 6.45) is 2.30. The molecule has 1 aromatic heterocycles. The van der Waals surface area contributed by atoms with Gasteiger partial charge in [-0.3, -0.25) is 4.79 Å². The van der Waals surface area contributed by atoms with E-state index in [1.54, 1.807) is 13.8 Å². The minimum Gasteiger partial charge on any atom is -0.462 e.